The maximum atomic E-state index is 6.16. The van der Waals surface area contributed by atoms with Crippen molar-refractivity contribution in [3.8, 4) is 16.9 Å². The standard InChI is InChI=1S/C13H12ClNOS/c1-15-12-5-9-4-10(14)6-11(13(9)16-12)8-2-3-17-7-8/h2-4,6-7,12,15H,5H2,1H3. The molecule has 1 aliphatic heterocycles. The molecule has 17 heavy (non-hydrogen) atoms. The van der Waals surface area contributed by atoms with E-state index in [1.807, 2.05) is 19.2 Å². The van der Waals surface area contributed by atoms with E-state index in [1.165, 1.54) is 11.1 Å². The molecule has 1 N–H and O–H groups in total. The fourth-order valence-electron chi connectivity index (χ4n) is 2.12. The zero-order valence-electron chi connectivity index (χ0n) is 9.37. The van der Waals surface area contributed by atoms with Gasteiger partial charge in [0.05, 0.1) is 0 Å². The number of halogens is 1. The summed E-state index contributed by atoms with van der Waals surface area (Å²) < 4.78 is 5.90. The van der Waals surface area contributed by atoms with Crippen molar-refractivity contribution in [2.75, 3.05) is 7.05 Å². The van der Waals surface area contributed by atoms with Gasteiger partial charge in [0.25, 0.3) is 0 Å². The highest BCUT2D eigenvalue weighted by molar-refractivity contribution is 7.08. The minimum atomic E-state index is 0.0563. The number of hydrogen-bond acceptors (Lipinski definition) is 3. The Morgan fingerprint density at radius 3 is 3.06 bits per heavy atom. The number of ether oxygens (including phenoxy) is 1. The minimum Gasteiger partial charge on any atom is -0.474 e. The summed E-state index contributed by atoms with van der Waals surface area (Å²) in [6.45, 7) is 0. The van der Waals surface area contributed by atoms with Gasteiger partial charge in [0.2, 0.25) is 0 Å². The average molecular weight is 266 g/mol. The van der Waals surface area contributed by atoms with E-state index < -0.39 is 0 Å². The number of hydrogen-bond donors (Lipinski definition) is 1. The Morgan fingerprint density at radius 1 is 1.47 bits per heavy atom. The quantitative estimate of drug-likeness (QED) is 0.897. The summed E-state index contributed by atoms with van der Waals surface area (Å²) >= 11 is 7.84. The third kappa shape index (κ3) is 1.95. The molecule has 1 aromatic heterocycles. The molecule has 1 atom stereocenters. The number of rotatable bonds is 2. The fourth-order valence-corrected chi connectivity index (χ4v) is 3.01. The molecule has 2 heterocycles. The van der Waals surface area contributed by atoms with Crippen molar-refractivity contribution in [3.63, 3.8) is 0 Å². The first-order valence-electron chi connectivity index (χ1n) is 5.47. The first kappa shape index (κ1) is 11.1. The number of benzene rings is 1. The van der Waals surface area contributed by atoms with Crippen LogP contribution in [-0.2, 0) is 6.42 Å². The molecular formula is C13H12ClNOS. The van der Waals surface area contributed by atoms with Gasteiger partial charge in [0.15, 0.2) is 6.23 Å². The number of thiophene rings is 1. The molecular weight excluding hydrogens is 254 g/mol. The largest absolute Gasteiger partial charge is 0.474 e. The van der Waals surface area contributed by atoms with Gasteiger partial charge in [0, 0.05) is 22.6 Å². The highest BCUT2D eigenvalue weighted by Gasteiger charge is 2.25. The third-order valence-corrected chi connectivity index (χ3v) is 3.85. The van der Waals surface area contributed by atoms with Crippen LogP contribution < -0.4 is 10.1 Å². The minimum absolute atomic E-state index is 0.0563. The summed E-state index contributed by atoms with van der Waals surface area (Å²) in [5.41, 5.74) is 3.44. The molecule has 2 aromatic rings. The highest BCUT2D eigenvalue weighted by Crippen LogP contribution is 2.41. The Kier molecular flexibility index (Phi) is 2.82. The van der Waals surface area contributed by atoms with Crippen molar-refractivity contribution in [2.45, 2.75) is 12.6 Å². The Labute approximate surface area is 109 Å². The monoisotopic (exact) mass is 265 g/mol. The van der Waals surface area contributed by atoms with Gasteiger partial charge in [-0.05, 0) is 41.6 Å². The molecule has 0 aliphatic carbocycles. The molecule has 0 spiro atoms. The molecule has 0 saturated carbocycles. The zero-order valence-corrected chi connectivity index (χ0v) is 10.9. The molecule has 0 radical (unpaired) electrons. The van der Waals surface area contributed by atoms with Crippen LogP contribution in [0.3, 0.4) is 0 Å². The van der Waals surface area contributed by atoms with Crippen LogP contribution in [-0.4, -0.2) is 13.3 Å². The van der Waals surface area contributed by atoms with Crippen LogP contribution in [0.4, 0.5) is 0 Å². The molecule has 0 bridgehead atoms. The average Bonchev–Trinajstić information content (AvgIpc) is 2.96. The third-order valence-electron chi connectivity index (χ3n) is 2.95. The van der Waals surface area contributed by atoms with Crippen LogP contribution >= 0.6 is 22.9 Å². The molecule has 88 valence electrons. The molecule has 1 unspecified atom stereocenters. The SMILES string of the molecule is CNC1Cc2cc(Cl)cc(-c3ccsc3)c2O1. The number of likely N-dealkylation sites (N-methyl/N-ethyl adjacent to an activating group) is 1. The van der Waals surface area contributed by atoms with E-state index in [-0.39, 0.29) is 6.23 Å². The molecule has 3 rings (SSSR count). The second-order valence-corrected chi connectivity index (χ2v) is 5.27. The lowest BCUT2D eigenvalue weighted by Gasteiger charge is -2.10. The van der Waals surface area contributed by atoms with Crippen LogP contribution in [0.25, 0.3) is 11.1 Å². The molecule has 0 amide bonds. The van der Waals surface area contributed by atoms with Crippen molar-refractivity contribution in [1.82, 2.24) is 5.32 Å². The Bertz CT molecular complexity index is 539. The molecule has 0 saturated heterocycles. The van der Waals surface area contributed by atoms with Gasteiger partial charge in [-0.25, -0.2) is 0 Å². The lowest BCUT2D eigenvalue weighted by molar-refractivity contribution is 0.204. The maximum Gasteiger partial charge on any atom is 0.154 e. The second kappa shape index (κ2) is 4.33. The topological polar surface area (TPSA) is 21.3 Å². The summed E-state index contributed by atoms with van der Waals surface area (Å²) in [4.78, 5) is 0. The first-order chi connectivity index (χ1) is 8.28. The van der Waals surface area contributed by atoms with Crippen LogP contribution in [0.15, 0.2) is 29.0 Å². The van der Waals surface area contributed by atoms with Crippen LogP contribution in [0.1, 0.15) is 5.56 Å². The second-order valence-electron chi connectivity index (χ2n) is 4.05. The van der Waals surface area contributed by atoms with Crippen LogP contribution in [0, 0.1) is 0 Å². The predicted octanol–water partition coefficient (Wildman–Crippen LogP) is 3.55. The molecule has 2 nitrogen and oxygen atoms in total. The fraction of sp³-hybridized carbons (Fsp3) is 0.231. The molecule has 0 fully saturated rings. The Balaban J connectivity index is 2.12. The first-order valence-corrected chi connectivity index (χ1v) is 6.79. The molecule has 1 aliphatic rings. The van der Waals surface area contributed by atoms with E-state index in [0.717, 1.165) is 22.8 Å². The lowest BCUT2D eigenvalue weighted by atomic mass is 10.0. The van der Waals surface area contributed by atoms with E-state index >= 15 is 0 Å². The number of nitrogens with one attached hydrogen (secondary N) is 1. The van der Waals surface area contributed by atoms with Crippen LogP contribution in [0.2, 0.25) is 5.02 Å². The smallest absolute Gasteiger partial charge is 0.154 e. The van der Waals surface area contributed by atoms with Crippen LogP contribution in [0.5, 0.6) is 5.75 Å². The van der Waals surface area contributed by atoms with Gasteiger partial charge >= 0.3 is 0 Å². The summed E-state index contributed by atoms with van der Waals surface area (Å²) in [5.74, 6) is 0.965. The normalized spacial score (nSPS) is 17.9. The Hall–Kier alpha value is -1.03. The van der Waals surface area contributed by atoms with Gasteiger partial charge in [0.1, 0.15) is 5.75 Å². The van der Waals surface area contributed by atoms with E-state index in [9.17, 15) is 0 Å². The van der Waals surface area contributed by atoms with Gasteiger partial charge in [-0.15, -0.1) is 0 Å². The summed E-state index contributed by atoms with van der Waals surface area (Å²) in [5, 5.41) is 8.08. The molecule has 1 aromatic carbocycles. The van der Waals surface area contributed by atoms with Crippen molar-refractivity contribution < 1.29 is 4.74 Å². The van der Waals surface area contributed by atoms with Gasteiger partial charge in [-0.3, -0.25) is 5.32 Å². The van der Waals surface area contributed by atoms with Crippen molar-refractivity contribution in [3.05, 3.63) is 39.5 Å². The highest BCUT2D eigenvalue weighted by atomic mass is 35.5. The van der Waals surface area contributed by atoms with Gasteiger partial charge in [-0.1, -0.05) is 11.6 Å². The predicted molar refractivity (Wildman–Crippen MR) is 71.9 cm³/mol. The summed E-state index contributed by atoms with van der Waals surface area (Å²) in [7, 11) is 1.91. The lowest BCUT2D eigenvalue weighted by Crippen LogP contribution is -2.29. The molecule has 4 heteroatoms. The van der Waals surface area contributed by atoms with Crippen molar-refractivity contribution in [1.29, 1.82) is 0 Å². The number of fused-ring (bicyclic) bond motifs is 1. The zero-order chi connectivity index (χ0) is 11.8. The van der Waals surface area contributed by atoms with Gasteiger partial charge in [-0.2, -0.15) is 11.3 Å². The van der Waals surface area contributed by atoms with E-state index in [0.29, 0.717) is 0 Å². The summed E-state index contributed by atoms with van der Waals surface area (Å²) in [6, 6.07) is 6.05. The van der Waals surface area contributed by atoms with E-state index in [2.05, 4.69) is 22.1 Å². The summed E-state index contributed by atoms with van der Waals surface area (Å²) in [6.07, 6.45) is 0.921. The maximum absolute atomic E-state index is 6.16. The van der Waals surface area contributed by atoms with Crippen molar-refractivity contribution in [2.24, 2.45) is 0 Å². The van der Waals surface area contributed by atoms with Gasteiger partial charge < -0.3 is 4.74 Å². The van der Waals surface area contributed by atoms with Crippen molar-refractivity contribution >= 4 is 22.9 Å². The van der Waals surface area contributed by atoms with E-state index in [4.69, 9.17) is 16.3 Å². The Morgan fingerprint density at radius 2 is 2.35 bits per heavy atom. The van der Waals surface area contributed by atoms with E-state index in [1.54, 1.807) is 11.3 Å².